The zero-order valence-electron chi connectivity index (χ0n) is 12.3. The molecule has 1 amide bonds. The predicted octanol–water partition coefficient (Wildman–Crippen LogP) is 2.99. The van der Waals surface area contributed by atoms with Crippen molar-refractivity contribution in [3.8, 4) is 0 Å². The third-order valence-electron chi connectivity index (χ3n) is 2.92. The second kappa shape index (κ2) is 8.65. The third-order valence-corrected chi connectivity index (χ3v) is 6.55. The summed E-state index contributed by atoms with van der Waals surface area (Å²) in [6.45, 7) is 0.276. The summed E-state index contributed by atoms with van der Waals surface area (Å²) in [4.78, 5) is 35.5. The average molecular weight is 404 g/mol. The number of carboxylic acids is 2. The van der Waals surface area contributed by atoms with E-state index in [-0.39, 0.29) is 24.6 Å². The number of hydrogen-bond donors (Lipinski definition) is 2. The number of rotatable bonds is 8. The van der Waals surface area contributed by atoms with Gasteiger partial charge in [0, 0.05) is 18.5 Å². The van der Waals surface area contributed by atoms with Crippen molar-refractivity contribution >= 4 is 75.3 Å². The summed E-state index contributed by atoms with van der Waals surface area (Å²) in [7, 11) is 0. The van der Waals surface area contributed by atoms with E-state index in [1.165, 1.54) is 39.8 Å². The van der Waals surface area contributed by atoms with E-state index in [2.05, 4.69) is 0 Å². The van der Waals surface area contributed by atoms with E-state index >= 15 is 0 Å². The molecule has 1 aliphatic heterocycles. The summed E-state index contributed by atoms with van der Waals surface area (Å²) >= 11 is 8.98. The Morgan fingerprint density at radius 3 is 2.75 bits per heavy atom. The first-order chi connectivity index (χ1) is 11.4. The molecule has 0 spiro atoms. The van der Waals surface area contributed by atoms with Crippen LogP contribution in [0, 0.1) is 0 Å². The number of hydrogen-bond acceptors (Lipinski definition) is 7. The Morgan fingerprint density at radius 2 is 2.08 bits per heavy atom. The van der Waals surface area contributed by atoms with Crippen molar-refractivity contribution < 1.29 is 24.6 Å². The van der Waals surface area contributed by atoms with Gasteiger partial charge in [-0.3, -0.25) is 19.3 Å². The number of thiophene rings is 1. The smallest absolute Gasteiger partial charge is 0.313 e. The van der Waals surface area contributed by atoms with Crippen molar-refractivity contribution in [2.45, 2.75) is 17.1 Å². The van der Waals surface area contributed by atoms with Gasteiger partial charge in [0.05, 0.1) is 14.9 Å². The lowest BCUT2D eigenvalue weighted by Gasteiger charge is -2.13. The van der Waals surface area contributed by atoms with Crippen LogP contribution < -0.4 is 0 Å². The summed E-state index contributed by atoms with van der Waals surface area (Å²) in [6.07, 6.45) is 2.03. The van der Waals surface area contributed by atoms with Gasteiger partial charge in [-0.2, -0.15) is 0 Å². The molecule has 2 rings (SSSR count). The molecular formula is C14H13NO5S4. The van der Waals surface area contributed by atoms with Gasteiger partial charge in [-0.15, -0.1) is 23.1 Å². The molecule has 1 aromatic rings. The minimum atomic E-state index is -0.908. The number of amides is 1. The summed E-state index contributed by atoms with van der Waals surface area (Å²) < 4.78 is 1.24. The van der Waals surface area contributed by atoms with Crippen LogP contribution >= 0.6 is 47.1 Å². The zero-order valence-corrected chi connectivity index (χ0v) is 15.5. The van der Waals surface area contributed by atoms with Gasteiger partial charge < -0.3 is 10.2 Å². The van der Waals surface area contributed by atoms with Gasteiger partial charge in [0.15, 0.2) is 0 Å². The summed E-state index contributed by atoms with van der Waals surface area (Å²) in [5, 5.41) is 19.3. The number of carboxylic acid groups (broad SMARTS) is 2. The summed E-state index contributed by atoms with van der Waals surface area (Å²) in [6, 6.07) is 1.83. The first kappa shape index (κ1) is 19.0. The van der Waals surface area contributed by atoms with Crippen LogP contribution in [0.15, 0.2) is 20.6 Å². The standard InChI is InChI=1S/C14H13NO5S4/c16-10(17)2-1-4-15-12(20)9(24-14(15)21)6-8-3-5-22-13(8)23-7-11(18)19/h3,5-6H,1-2,4,7H2,(H,16,17)(H,18,19). The summed E-state index contributed by atoms with van der Waals surface area (Å²) in [5.41, 5.74) is 0.789. The van der Waals surface area contributed by atoms with Crippen molar-refractivity contribution in [3.63, 3.8) is 0 Å². The number of aliphatic carboxylic acids is 2. The van der Waals surface area contributed by atoms with Gasteiger partial charge in [0.1, 0.15) is 4.32 Å². The van der Waals surface area contributed by atoms with Crippen LogP contribution in [0.1, 0.15) is 18.4 Å². The maximum Gasteiger partial charge on any atom is 0.313 e. The van der Waals surface area contributed by atoms with E-state index in [1.807, 2.05) is 11.4 Å². The topological polar surface area (TPSA) is 94.9 Å². The van der Waals surface area contributed by atoms with Gasteiger partial charge in [-0.05, 0) is 23.9 Å². The molecule has 2 heterocycles. The predicted molar refractivity (Wildman–Crippen MR) is 99.4 cm³/mol. The quantitative estimate of drug-likeness (QED) is 0.389. The lowest BCUT2D eigenvalue weighted by atomic mass is 10.2. The molecule has 24 heavy (non-hydrogen) atoms. The largest absolute Gasteiger partial charge is 0.481 e. The van der Waals surface area contributed by atoms with Gasteiger partial charge >= 0.3 is 11.9 Å². The number of carbonyl (C=O) groups is 3. The maximum absolute atomic E-state index is 12.4. The SMILES string of the molecule is O=C(O)CCCN1C(=O)C(=Cc2ccsc2SCC(=O)O)SC1=S. The Kier molecular flexibility index (Phi) is 6.84. The molecule has 10 heteroatoms. The zero-order chi connectivity index (χ0) is 17.7. The molecule has 0 atom stereocenters. The Balaban J connectivity index is 2.07. The molecule has 1 saturated heterocycles. The van der Waals surface area contributed by atoms with E-state index in [1.54, 1.807) is 6.08 Å². The van der Waals surface area contributed by atoms with E-state index in [4.69, 9.17) is 22.4 Å². The van der Waals surface area contributed by atoms with Crippen LogP contribution in [0.3, 0.4) is 0 Å². The fourth-order valence-electron chi connectivity index (χ4n) is 1.88. The van der Waals surface area contributed by atoms with Crippen molar-refractivity contribution in [2.24, 2.45) is 0 Å². The van der Waals surface area contributed by atoms with Crippen LogP contribution in [0.4, 0.5) is 0 Å². The van der Waals surface area contributed by atoms with Gasteiger partial charge in [0.25, 0.3) is 5.91 Å². The van der Waals surface area contributed by atoms with E-state index < -0.39 is 11.9 Å². The molecule has 0 aliphatic carbocycles. The fraction of sp³-hybridized carbons (Fsp3) is 0.286. The Labute approximate surface area is 155 Å². The molecular weight excluding hydrogens is 390 g/mol. The number of carbonyl (C=O) groups excluding carboxylic acids is 1. The molecule has 0 unspecified atom stereocenters. The lowest BCUT2D eigenvalue weighted by molar-refractivity contribution is -0.137. The fourth-order valence-corrected chi connectivity index (χ4v) is 4.94. The van der Waals surface area contributed by atoms with Crippen molar-refractivity contribution in [3.05, 3.63) is 21.9 Å². The van der Waals surface area contributed by atoms with Crippen molar-refractivity contribution in [1.29, 1.82) is 0 Å². The van der Waals surface area contributed by atoms with Crippen LogP contribution in [0.2, 0.25) is 0 Å². The second-order valence-electron chi connectivity index (χ2n) is 4.68. The Hall–Kier alpha value is -1.36. The first-order valence-corrected chi connectivity index (χ1v) is 9.86. The van der Waals surface area contributed by atoms with Gasteiger partial charge in [-0.25, -0.2) is 0 Å². The van der Waals surface area contributed by atoms with Crippen molar-refractivity contribution in [1.82, 2.24) is 4.90 Å². The van der Waals surface area contributed by atoms with Crippen LogP contribution in [0.5, 0.6) is 0 Å². The monoisotopic (exact) mass is 403 g/mol. The number of thioether (sulfide) groups is 2. The summed E-state index contributed by atoms with van der Waals surface area (Å²) in [5.74, 6) is -2.09. The van der Waals surface area contributed by atoms with Crippen LogP contribution in [-0.4, -0.2) is 49.6 Å². The molecule has 128 valence electrons. The normalized spacial score (nSPS) is 16.2. The molecule has 1 aromatic heterocycles. The second-order valence-corrected chi connectivity index (χ2v) is 8.51. The highest BCUT2D eigenvalue weighted by atomic mass is 32.2. The highest BCUT2D eigenvalue weighted by molar-refractivity contribution is 8.26. The number of thiocarbonyl (C=S) groups is 1. The lowest BCUT2D eigenvalue weighted by Crippen LogP contribution is -2.29. The minimum absolute atomic E-state index is 0.0172. The Bertz CT molecular complexity index is 712. The van der Waals surface area contributed by atoms with E-state index in [0.717, 1.165) is 9.77 Å². The van der Waals surface area contributed by atoms with Crippen molar-refractivity contribution in [2.75, 3.05) is 12.3 Å². The molecule has 6 nitrogen and oxygen atoms in total. The highest BCUT2D eigenvalue weighted by Gasteiger charge is 2.31. The molecule has 2 N–H and O–H groups in total. The van der Waals surface area contributed by atoms with Crippen LogP contribution in [0.25, 0.3) is 6.08 Å². The molecule has 0 bridgehead atoms. The molecule has 1 fully saturated rings. The maximum atomic E-state index is 12.4. The Morgan fingerprint density at radius 1 is 1.33 bits per heavy atom. The molecule has 0 radical (unpaired) electrons. The van der Waals surface area contributed by atoms with Gasteiger partial charge in [0.2, 0.25) is 0 Å². The van der Waals surface area contributed by atoms with E-state index in [9.17, 15) is 14.4 Å². The molecule has 0 saturated carbocycles. The first-order valence-electron chi connectivity index (χ1n) is 6.77. The van der Waals surface area contributed by atoms with E-state index in [0.29, 0.717) is 15.6 Å². The van der Waals surface area contributed by atoms with Crippen LogP contribution in [-0.2, 0) is 14.4 Å². The molecule has 0 aromatic carbocycles. The average Bonchev–Trinajstić information content (AvgIpc) is 3.04. The van der Waals surface area contributed by atoms with Gasteiger partial charge in [-0.1, -0.05) is 24.0 Å². The minimum Gasteiger partial charge on any atom is -0.481 e. The third kappa shape index (κ3) is 5.07. The highest BCUT2D eigenvalue weighted by Crippen LogP contribution is 2.36. The number of nitrogens with zero attached hydrogens (tertiary/aromatic N) is 1. The molecule has 1 aliphatic rings.